The van der Waals surface area contributed by atoms with E-state index in [1.165, 1.54) is 5.56 Å². The lowest BCUT2D eigenvalue weighted by atomic mass is 10.2. The van der Waals surface area contributed by atoms with Crippen molar-refractivity contribution in [3.05, 3.63) is 35.9 Å². The molecule has 1 rings (SSSR count). The van der Waals surface area contributed by atoms with Crippen molar-refractivity contribution in [1.82, 2.24) is 9.80 Å². The van der Waals surface area contributed by atoms with Gasteiger partial charge in [-0.05, 0) is 18.4 Å². The molecular weight excluding hydrogens is 377 g/mol. The summed E-state index contributed by atoms with van der Waals surface area (Å²) in [4.78, 5) is 8.66. The highest BCUT2D eigenvalue weighted by molar-refractivity contribution is 14.0. The number of unbranched alkanes of at least 4 members (excludes halogenated alkanes) is 1. The fourth-order valence-electron chi connectivity index (χ4n) is 1.94. The monoisotopic (exact) mass is 405 g/mol. The van der Waals surface area contributed by atoms with Crippen LogP contribution >= 0.6 is 24.0 Å². The molecule has 0 fully saturated rings. The van der Waals surface area contributed by atoms with Gasteiger partial charge in [0.05, 0.1) is 6.61 Å². The van der Waals surface area contributed by atoms with E-state index in [-0.39, 0.29) is 24.0 Å². The summed E-state index contributed by atoms with van der Waals surface area (Å²) in [7, 11) is 8.06. The highest BCUT2D eigenvalue weighted by atomic mass is 127. The van der Waals surface area contributed by atoms with Crippen LogP contribution in [-0.4, -0.2) is 57.1 Å². The maximum atomic E-state index is 5.65. The summed E-state index contributed by atoms with van der Waals surface area (Å²) in [5, 5.41) is 0. The normalized spacial score (nSPS) is 9.71. The third-order valence-corrected chi connectivity index (χ3v) is 2.86. The van der Waals surface area contributed by atoms with Gasteiger partial charge in [0.1, 0.15) is 0 Å². The molecular formula is C16H28IN3O. The van der Waals surface area contributed by atoms with Crippen LogP contribution in [0.3, 0.4) is 0 Å². The molecule has 0 aliphatic heterocycles. The highest BCUT2D eigenvalue weighted by Crippen LogP contribution is 2.02. The molecule has 0 saturated carbocycles. The molecule has 0 saturated heterocycles. The number of nitrogens with zero attached hydrogens (tertiary/aromatic N) is 3. The van der Waals surface area contributed by atoms with Crippen molar-refractivity contribution in [2.45, 2.75) is 19.4 Å². The van der Waals surface area contributed by atoms with Gasteiger partial charge in [0.2, 0.25) is 0 Å². The minimum Gasteiger partial charge on any atom is -0.377 e. The number of benzene rings is 1. The summed E-state index contributed by atoms with van der Waals surface area (Å²) in [5.41, 5.74) is 1.23. The third-order valence-electron chi connectivity index (χ3n) is 2.86. The Morgan fingerprint density at radius 1 is 1.00 bits per heavy atom. The molecule has 21 heavy (non-hydrogen) atoms. The Morgan fingerprint density at radius 2 is 1.62 bits per heavy atom. The van der Waals surface area contributed by atoms with E-state index >= 15 is 0 Å². The minimum absolute atomic E-state index is 0. The first-order valence-electron chi connectivity index (χ1n) is 7.12. The second-order valence-corrected chi connectivity index (χ2v) is 5.22. The largest absolute Gasteiger partial charge is 0.377 e. The average molecular weight is 405 g/mol. The minimum atomic E-state index is 0. The Labute approximate surface area is 146 Å². The number of hydrogen-bond acceptors (Lipinski definition) is 2. The fourth-order valence-corrected chi connectivity index (χ4v) is 1.94. The van der Waals surface area contributed by atoms with Crippen LogP contribution in [0.15, 0.2) is 35.3 Å². The summed E-state index contributed by atoms with van der Waals surface area (Å²) < 4.78 is 5.65. The van der Waals surface area contributed by atoms with Crippen LogP contribution in [0.25, 0.3) is 0 Å². The van der Waals surface area contributed by atoms with Gasteiger partial charge in [-0.3, -0.25) is 4.99 Å². The number of hydrogen-bond donors (Lipinski definition) is 0. The molecule has 0 bridgehead atoms. The second kappa shape index (κ2) is 11.8. The molecule has 0 aliphatic rings. The van der Waals surface area contributed by atoms with Crippen LogP contribution in [0, 0.1) is 0 Å². The van der Waals surface area contributed by atoms with E-state index in [4.69, 9.17) is 4.74 Å². The van der Waals surface area contributed by atoms with Gasteiger partial charge in [0.15, 0.2) is 5.96 Å². The molecule has 0 amide bonds. The fraction of sp³-hybridized carbons (Fsp3) is 0.562. The third kappa shape index (κ3) is 8.93. The van der Waals surface area contributed by atoms with E-state index in [9.17, 15) is 0 Å². The van der Waals surface area contributed by atoms with Crippen LogP contribution in [0.1, 0.15) is 18.4 Å². The molecule has 0 aliphatic carbocycles. The molecule has 1 aromatic carbocycles. The Kier molecular flexibility index (Phi) is 11.3. The van der Waals surface area contributed by atoms with Crippen LogP contribution in [0.5, 0.6) is 0 Å². The van der Waals surface area contributed by atoms with Gasteiger partial charge in [-0.1, -0.05) is 30.3 Å². The van der Waals surface area contributed by atoms with Gasteiger partial charge in [-0.25, -0.2) is 0 Å². The summed E-state index contributed by atoms with van der Waals surface area (Å²) in [5.74, 6) is 1.01. The first-order chi connectivity index (χ1) is 9.61. The molecule has 0 aromatic heterocycles. The zero-order valence-electron chi connectivity index (χ0n) is 13.6. The van der Waals surface area contributed by atoms with Crippen LogP contribution in [0.2, 0.25) is 0 Å². The van der Waals surface area contributed by atoms with E-state index in [2.05, 4.69) is 17.1 Å². The Bertz CT molecular complexity index is 384. The van der Waals surface area contributed by atoms with E-state index in [1.807, 2.05) is 56.2 Å². The first-order valence-corrected chi connectivity index (χ1v) is 7.12. The molecule has 0 unspecified atom stereocenters. The summed E-state index contributed by atoms with van der Waals surface area (Å²) in [6.45, 7) is 2.34. The number of rotatable bonds is 7. The van der Waals surface area contributed by atoms with Crippen LogP contribution < -0.4 is 0 Å². The van der Waals surface area contributed by atoms with E-state index in [0.29, 0.717) is 6.61 Å². The second-order valence-electron chi connectivity index (χ2n) is 5.22. The molecule has 0 radical (unpaired) electrons. The van der Waals surface area contributed by atoms with Gasteiger partial charge in [0, 0.05) is 41.3 Å². The quantitative estimate of drug-likeness (QED) is 0.302. The number of guanidine groups is 1. The molecule has 0 heterocycles. The zero-order chi connectivity index (χ0) is 14.8. The lowest BCUT2D eigenvalue weighted by molar-refractivity contribution is 0.117. The number of halogens is 1. The Hall–Kier alpha value is -0.820. The smallest absolute Gasteiger partial charge is 0.195 e. The van der Waals surface area contributed by atoms with Crippen molar-refractivity contribution >= 4 is 29.9 Å². The molecule has 1 aromatic rings. The van der Waals surface area contributed by atoms with Gasteiger partial charge < -0.3 is 14.5 Å². The summed E-state index contributed by atoms with van der Waals surface area (Å²) in [6.07, 6.45) is 2.10. The van der Waals surface area contributed by atoms with Gasteiger partial charge >= 0.3 is 0 Å². The van der Waals surface area contributed by atoms with Crippen molar-refractivity contribution in [2.24, 2.45) is 4.99 Å². The molecule has 0 N–H and O–H groups in total. The van der Waals surface area contributed by atoms with Gasteiger partial charge in [-0.2, -0.15) is 0 Å². The topological polar surface area (TPSA) is 28.1 Å². The van der Waals surface area contributed by atoms with E-state index < -0.39 is 0 Å². The number of aliphatic imine (C=N–C) groups is 1. The number of ether oxygens (including phenoxy) is 1. The molecule has 4 nitrogen and oxygen atoms in total. The summed E-state index contributed by atoms with van der Waals surface area (Å²) >= 11 is 0. The average Bonchev–Trinajstić information content (AvgIpc) is 2.42. The predicted molar refractivity (Wildman–Crippen MR) is 100 cm³/mol. The van der Waals surface area contributed by atoms with Gasteiger partial charge in [-0.15, -0.1) is 24.0 Å². The van der Waals surface area contributed by atoms with Crippen molar-refractivity contribution in [3.63, 3.8) is 0 Å². The van der Waals surface area contributed by atoms with E-state index in [0.717, 1.165) is 32.0 Å². The first kappa shape index (κ1) is 20.2. The Morgan fingerprint density at radius 3 is 2.19 bits per heavy atom. The predicted octanol–water partition coefficient (Wildman–Crippen LogP) is 3.08. The van der Waals surface area contributed by atoms with Crippen molar-refractivity contribution in [3.8, 4) is 0 Å². The molecule has 0 spiro atoms. The van der Waals surface area contributed by atoms with E-state index in [1.54, 1.807) is 0 Å². The Balaban J connectivity index is 0.00000400. The maximum Gasteiger partial charge on any atom is 0.195 e. The molecule has 120 valence electrons. The lowest BCUT2D eigenvalue weighted by Crippen LogP contribution is -2.35. The van der Waals surface area contributed by atoms with Gasteiger partial charge in [0.25, 0.3) is 0 Å². The standard InChI is InChI=1S/C16H27N3O.HI/c1-18(2)16(19(3)4)17-12-8-9-13-20-14-15-10-6-5-7-11-15;/h5-7,10-11H,8-9,12-14H2,1-4H3;1H. The SMILES string of the molecule is CN(C)C(=NCCCCOCc1ccccc1)N(C)C.I. The molecule has 5 heteroatoms. The maximum absolute atomic E-state index is 5.65. The highest BCUT2D eigenvalue weighted by Gasteiger charge is 2.02. The zero-order valence-corrected chi connectivity index (χ0v) is 15.9. The summed E-state index contributed by atoms with van der Waals surface area (Å²) in [6, 6.07) is 10.3. The van der Waals surface area contributed by atoms with Crippen molar-refractivity contribution < 1.29 is 4.74 Å². The van der Waals surface area contributed by atoms with Crippen molar-refractivity contribution in [1.29, 1.82) is 0 Å². The van der Waals surface area contributed by atoms with Crippen LogP contribution in [-0.2, 0) is 11.3 Å². The lowest BCUT2D eigenvalue weighted by Gasteiger charge is -2.22. The van der Waals surface area contributed by atoms with Crippen LogP contribution in [0.4, 0.5) is 0 Å². The molecule has 0 atom stereocenters. The van der Waals surface area contributed by atoms with Crippen molar-refractivity contribution in [2.75, 3.05) is 41.3 Å².